The van der Waals surface area contributed by atoms with E-state index in [0.717, 1.165) is 25.4 Å². The van der Waals surface area contributed by atoms with Crippen LogP contribution in [0.3, 0.4) is 0 Å². The van der Waals surface area contributed by atoms with Crippen LogP contribution in [0.1, 0.15) is 27.2 Å². The third-order valence-electron chi connectivity index (χ3n) is 1.48. The zero-order chi connectivity index (χ0) is 7.98. The highest BCUT2D eigenvalue weighted by Gasteiger charge is 1.97. The third-order valence-corrected chi connectivity index (χ3v) is 1.48. The fraction of sp³-hybridized carbons (Fsp3) is 1.00. The first kappa shape index (κ1) is 9.92. The van der Waals surface area contributed by atoms with Gasteiger partial charge in [0.15, 0.2) is 0 Å². The van der Waals surface area contributed by atoms with Crippen molar-refractivity contribution in [3.05, 3.63) is 0 Å². The summed E-state index contributed by atoms with van der Waals surface area (Å²) in [7, 11) is 0. The van der Waals surface area contributed by atoms with E-state index in [-0.39, 0.29) is 0 Å². The molecule has 10 heavy (non-hydrogen) atoms. The van der Waals surface area contributed by atoms with E-state index in [0.29, 0.717) is 6.04 Å². The van der Waals surface area contributed by atoms with E-state index in [1.54, 1.807) is 0 Å². The van der Waals surface area contributed by atoms with E-state index in [9.17, 15) is 0 Å². The van der Waals surface area contributed by atoms with Gasteiger partial charge >= 0.3 is 0 Å². The Morgan fingerprint density at radius 2 is 1.90 bits per heavy atom. The maximum atomic E-state index is 5.70. The van der Waals surface area contributed by atoms with Crippen LogP contribution < -0.4 is 11.1 Å². The summed E-state index contributed by atoms with van der Waals surface area (Å²) >= 11 is 0. The number of rotatable bonds is 5. The molecule has 0 unspecified atom stereocenters. The Labute approximate surface area is 64.2 Å². The van der Waals surface area contributed by atoms with Gasteiger partial charge in [0.05, 0.1) is 0 Å². The van der Waals surface area contributed by atoms with Crippen LogP contribution in [0.25, 0.3) is 0 Å². The SMILES string of the molecule is CC[C@H](N)CNCC(C)C. The lowest BCUT2D eigenvalue weighted by atomic mass is 10.2. The van der Waals surface area contributed by atoms with Gasteiger partial charge in [-0.05, 0) is 18.9 Å². The molecule has 0 aromatic rings. The van der Waals surface area contributed by atoms with E-state index >= 15 is 0 Å². The number of hydrogen-bond acceptors (Lipinski definition) is 2. The number of nitrogens with two attached hydrogens (primary N) is 1. The van der Waals surface area contributed by atoms with E-state index in [1.165, 1.54) is 0 Å². The number of nitrogens with one attached hydrogen (secondary N) is 1. The molecule has 0 saturated carbocycles. The van der Waals surface area contributed by atoms with Gasteiger partial charge in [-0.1, -0.05) is 20.8 Å². The lowest BCUT2D eigenvalue weighted by molar-refractivity contribution is 0.507. The topological polar surface area (TPSA) is 38.0 Å². The third kappa shape index (κ3) is 6.05. The van der Waals surface area contributed by atoms with E-state index < -0.39 is 0 Å². The molecule has 0 aromatic carbocycles. The van der Waals surface area contributed by atoms with Crippen molar-refractivity contribution in [2.45, 2.75) is 33.2 Å². The summed E-state index contributed by atoms with van der Waals surface area (Å²) in [5, 5.41) is 3.31. The predicted molar refractivity (Wildman–Crippen MR) is 46.0 cm³/mol. The quantitative estimate of drug-likeness (QED) is 0.603. The fourth-order valence-corrected chi connectivity index (χ4v) is 0.702. The summed E-state index contributed by atoms with van der Waals surface area (Å²) in [5.41, 5.74) is 5.70. The smallest absolute Gasteiger partial charge is 0.0162 e. The largest absolute Gasteiger partial charge is 0.327 e. The molecular formula is C8H20N2. The number of hydrogen-bond donors (Lipinski definition) is 2. The minimum Gasteiger partial charge on any atom is -0.327 e. The van der Waals surface area contributed by atoms with Gasteiger partial charge < -0.3 is 11.1 Å². The van der Waals surface area contributed by atoms with Crippen molar-refractivity contribution < 1.29 is 0 Å². The molecule has 2 nitrogen and oxygen atoms in total. The van der Waals surface area contributed by atoms with Gasteiger partial charge in [0.25, 0.3) is 0 Å². The van der Waals surface area contributed by atoms with Crippen LogP contribution in [0.5, 0.6) is 0 Å². The molecule has 1 atom stereocenters. The molecule has 0 aromatic heterocycles. The van der Waals surface area contributed by atoms with Crippen LogP contribution in [0.15, 0.2) is 0 Å². The molecule has 0 bridgehead atoms. The molecule has 0 aliphatic heterocycles. The van der Waals surface area contributed by atoms with E-state index in [4.69, 9.17) is 5.73 Å². The molecular weight excluding hydrogens is 124 g/mol. The van der Waals surface area contributed by atoms with Gasteiger partial charge in [-0.3, -0.25) is 0 Å². The minimum atomic E-state index is 0.332. The van der Waals surface area contributed by atoms with Gasteiger partial charge in [-0.2, -0.15) is 0 Å². The summed E-state index contributed by atoms with van der Waals surface area (Å²) in [4.78, 5) is 0. The fourth-order valence-electron chi connectivity index (χ4n) is 0.702. The average Bonchev–Trinajstić information content (AvgIpc) is 1.87. The minimum absolute atomic E-state index is 0.332. The van der Waals surface area contributed by atoms with Crippen LogP contribution in [0, 0.1) is 5.92 Å². The van der Waals surface area contributed by atoms with Crippen LogP contribution in [0.4, 0.5) is 0 Å². The van der Waals surface area contributed by atoms with Gasteiger partial charge in [-0.15, -0.1) is 0 Å². The Hall–Kier alpha value is -0.0800. The van der Waals surface area contributed by atoms with Crippen molar-refractivity contribution in [1.29, 1.82) is 0 Å². The Balaban J connectivity index is 3.03. The molecule has 0 radical (unpaired) electrons. The van der Waals surface area contributed by atoms with Crippen LogP contribution in [-0.2, 0) is 0 Å². The normalized spacial score (nSPS) is 14.1. The Morgan fingerprint density at radius 1 is 1.30 bits per heavy atom. The van der Waals surface area contributed by atoms with Crippen molar-refractivity contribution in [2.24, 2.45) is 11.7 Å². The molecule has 2 heteroatoms. The maximum absolute atomic E-state index is 5.70. The second-order valence-electron chi connectivity index (χ2n) is 3.22. The Morgan fingerprint density at radius 3 is 2.30 bits per heavy atom. The van der Waals surface area contributed by atoms with Gasteiger partial charge in [-0.25, -0.2) is 0 Å². The molecule has 62 valence electrons. The van der Waals surface area contributed by atoms with Gasteiger partial charge in [0.1, 0.15) is 0 Å². The molecule has 0 rings (SSSR count). The lowest BCUT2D eigenvalue weighted by Crippen LogP contribution is -2.34. The molecule has 3 N–H and O–H groups in total. The highest BCUT2D eigenvalue weighted by Crippen LogP contribution is 1.88. The Bertz CT molecular complexity index is 71.7. The van der Waals surface area contributed by atoms with Crippen LogP contribution >= 0.6 is 0 Å². The molecule has 0 aliphatic rings. The summed E-state index contributed by atoms with van der Waals surface area (Å²) in [6.07, 6.45) is 1.06. The highest BCUT2D eigenvalue weighted by atomic mass is 14.9. The Kier molecular flexibility index (Phi) is 5.64. The average molecular weight is 144 g/mol. The standard InChI is InChI=1S/C8H20N2/c1-4-8(9)6-10-5-7(2)3/h7-8,10H,4-6,9H2,1-3H3/t8-/m0/s1. The molecule has 0 aliphatic carbocycles. The van der Waals surface area contributed by atoms with Crippen molar-refractivity contribution in [2.75, 3.05) is 13.1 Å². The molecule has 0 amide bonds. The first-order valence-electron chi connectivity index (χ1n) is 4.13. The highest BCUT2D eigenvalue weighted by molar-refractivity contribution is 4.62. The summed E-state index contributed by atoms with van der Waals surface area (Å²) < 4.78 is 0. The van der Waals surface area contributed by atoms with Crippen LogP contribution in [-0.4, -0.2) is 19.1 Å². The van der Waals surface area contributed by atoms with Crippen LogP contribution in [0.2, 0.25) is 0 Å². The molecule has 0 fully saturated rings. The monoisotopic (exact) mass is 144 g/mol. The zero-order valence-electron chi connectivity index (χ0n) is 7.35. The molecule has 0 heterocycles. The van der Waals surface area contributed by atoms with Gasteiger partial charge in [0.2, 0.25) is 0 Å². The first-order chi connectivity index (χ1) is 4.66. The lowest BCUT2D eigenvalue weighted by Gasteiger charge is -2.11. The van der Waals surface area contributed by atoms with Crippen molar-refractivity contribution in [3.63, 3.8) is 0 Å². The summed E-state index contributed by atoms with van der Waals surface area (Å²) in [6.45, 7) is 8.54. The molecule has 0 spiro atoms. The first-order valence-corrected chi connectivity index (χ1v) is 4.13. The van der Waals surface area contributed by atoms with Crippen molar-refractivity contribution >= 4 is 0 Å². The maximum Gasteiger partial charge on any atom is 0.0162 e. The second-order valence-corrected chi connectivity index (χ2v) is 3.22. The zero-order valence-corrected chi connectivity index (χ0v) is 7.35. The second kappa shape index (κ2) is 5.69. The summed E-state index contributed by atoms with van der Waals surface area (Å²) in [5.74, 6) is 0.726. The van der Waals surface area contributed by atoms with Crippen molar-refractivity contribution in [3.8, 4) is 0 Å². The van der Waals surface area contributed by atoms with Gasteiger partial charge in [0, 0.05) is 12.6 Å². The predicted octanol–water partition coefficient (Wildman–Crippen LogP) is 0.969. The van der Waals surface area contributed by atoms with E-state index in [1.807, 2.05) is 0 Å². The summed E-state index contributed by atoms with van der Waals surface area (Å²) in [6, 6.07) is 0.332. The van der Waals surface area contributed by atoms with Crippen molar-refractivity contribution in [1.82, 2.24) is 5.32 Å². The van der Waals surface area contributed by atoms with E-state index in [2.05, 4.69) is 26.1 Å². The molecule has 0 saturated heterocycles.